The van der Waals surface area contributed by atoms with Crippen LogP contribution in [0.2, 0.25) is 0 Å². The first-order valence-electron chi connectivity index (χ1n) is 15.6. The predicted molar refractivity (Wildman–Crippen MR) is 171 cm³/mol. The Kier molecular flexibility index (Phi) is 9.39. The number of rotatable bonds is 8. The molecule has 3 heterocycles. The van der Waals surface area contributed by atoms with E-state index in [1.807, 2.05) is 36.4 Å². The predicted octanol–water partition coefficient (Wildman–Crippen LogP) is 5.56. The molecule has 10 heteroatoms. The summed E-state index contributed by atoms with van der Waals surface area (Å²) in [6.07, 6.45) is 3.06. The van der Waals surface area contributed by atoms with E-state index in [4.69, 9.17) is 14.9 Å². The number of nitrogens with zero attached hydrogens (tertiary/aromatic N) is 4. The van der Waals surface area contributed by atoms with Crippen molar-refractivity contribution < 1.29 is 18.4 Å². The highest BCUT2D eigenvalue weighted by Crippen LogP contribution is 2.26. The van der Waals surface area contributed by atoms with Crippen LogP contribution in [0.1, 0.15) is 58.5 Å². The molecular weight excluding hydrogens is 583 g/mol. The molecule has 2 aliphatic heterocycles. The van der Waals surface area contributed by atoms with E-state index in [1.54, 1.807) is 24.3 Å². The van der Waals surface area contributed by atoms with Crippen LogP contribution < -0.4 is 10.6 Å². The smallest absolute Gasteiger partial charge is 0.287 e. The molecule has 2 fully saturated rings. The Labute approximate surface area is 267 Å². The van der Waals surface area contributed by atoms with E-state index >= 15 is 0 Å². The number of amides is 2. The zero-order valence-corrected chi connectivity index (χ0v) is 25.5. The molecule has 2 saturated heterocycles. The highest BCUT2D eigenvalue weighted by molar-refractivity contribution is 5.98. The van der Waals surface area contributed by atoms with Gasteiger partial charge in [-0.05, 0) is 98.4 Å². The van der Waals surface area contributed by atoms with Crippen LogP contribution in [0.25, 0.3) is 11.0 Å². The van der Waals surface area contributed by atoms with Crippen LogP contribution in [-0.2, 0) is 17.9 Å². The molecule has 0 atom stereocenters. The fraction of sp³-hybridized carbons (Fsp3) is 0.333. The van der Waals surface area contributed by atoms with Gasteiger partial charge < -0.3 is 15.1 Å². The van der Waals surface area contributed by atoms with Crippen LogP contribution in [0.5, 0.6) is 0 Å². The number of piperidine rings is 2. The molecule has 1 aromatic heterocycles. The molecule has 234 valence electrons. The molecule has 2 amide bonds. The second kappa shape index (κ2) is 13.9. The van der Waals surface area contributed by atoms with E-state index in [0.717, 1.165) is 56.5 Å². The molecule has 0 spiro atoms. The minimum absolute atomic E-state index is 0.0389. The van der Waals surface area contributed by atoms with Crippen molar-refractivity contribution in [1.29, 1.82) is 10.5 Å². The third-order valence-electron chi connectivity index (χ3n) is 8.94. The topological polar surface area (TPSA) is 125 Å². The van der Waals surface area contributed by atoms with Crippen LogP contribution in [0.4, 0.5) is 10.1 Å². The third kappa shape index (κ3) is 7.43. The summed E-state index contributed by atoms with van der Waals surface area (Å²) in [5.41, 5.74) is 3.89. The lowest BCUT2D eigenvalue weighted by atomic mass is 9.95. The monoisotopic (exact) mass is 618 g/mol. The average Bonchev–Trinajstić information content (AvgIpc) is 3.50. The molecule has 0 aliphatic carbocycles. The van der Waals surface area contributed by atoms with E-state index in [0.29, 0.717) is 36.2 Å². The summed E-state index contributed by atoms with van der Waals surface area (Å²) in [6.45, 7) is 4.55. The van der Waals surface area contributed by atoms with Crippen molar-refractivity contribution in [3.05, 3.63) is 101 Å². The fourth-order valence-corrected chi connectivity index (χ4v) is 6.27. The molecule has 2 aliphatic rings. The van der Waals surface area contributed by atoms with Gasteiger partial charge in [0.25, 0.3) is 5.91 Å². The zero-order valence-electron chi connectivity index (χ0n) is 25.5. The summed E-state index contributed by atoms with van der Waals surface area (Å²) in [4.78, 5) is 30.6. The summed E-state index contributed by atoms with van der Waals surface area (Å²) >= 11 is 0. The van der Waals surface area contributed by atoms with Gasteiger partial charge in [-0.3, -0.25) is 19.4 Å². The number of benzene rings is 3. The number of hydrogen-bond donors (Lipinski definition) is 2. The zero-order chi connectivity index (χ0) is 32.0. The van der Waals surface area contributed by atoms with E-state index < -0.39 is 5.82 Å². The van der Waals surface area contributed by atoms with Crippen LogP contribution in [0.3, 0.4) is 0 Å². The largest absolute Gasteiger partial charge is 0.451 e. The molecule has 0 unspecified atom stereocenters. The summed E-state index contributed by atoms with van der Waals surface area (Å²) in [5.74, 6) is -0.692. The third-order valence-corrected chi connectivity index (χ3v) is 8.94. The highest BCUT2D eigenvalue weighted by Gasteiger charge is 2.26. The molecule has 6 rings (SSSR count). The Morgan fingerprint density at radius 2 is 1.50 bits per heavy atom. The lowest BCUT2D eigenvalue weighted by Crippen LogP contribution is -2.44. The van der Waals surface area contributed by atoms with Gasteiger partial charge in [-0.1, -0.05) is 18.2 Å². The molecule has 2 N–H and O–H groups in total. The first-order chi connectivity index (χ1) is 22.4. The lowest BCUT2D eigenvalue weighted by Gasteiger charge is -2.32. The minimum Gasteiger partial charge on any atom is -0.451 e. The van der Waals surface area contributed by atoms with Crippen LogP contribution in [0, 0.1) is 34.4 Å². The Balaban J connectivity index is 0.966. The maximum atomic E-state index is 14.0. The quantitative estimate of drug-likeness (QED) is 0.265. The Morgan fingerprint density at radius 1 is 0.826 bits per heavy atom. The minimum atomic E-state index is -0.509. The van der Waals surface area contributed by atoms with Crippen LogP contribution in [0.15, 0.2) is 71.1 Å². The number of carbonyl (C=O) groups excluding carboxylic acids is 2. The molecule has 0 radical (unpaired) electrons. The number of halogens is 1. The number of fused-ring (bicyclic) bond motifs is 1. The molecule has 0 bridgehead atoms. The summed E-state index contributed by atoms with van der Waals surface area (Å²) in [7, 11) is 0. The first kappa shape index (κ1) is 31.0. The molecule has 0 saturated carbocycles. The average molecular weight is 619 g/mol. The Hall–Kier alpha value is -5.03. The standard InChI is InChI=1S/C36H35FN6O3/c37-32-17-26(5-6-28(32)21-39)23-42-13-9-27(10-14-42)35(44)41-31-7-8-33-29(18-31)19-34(46-33)36(45)40-30-11-15-43(16-12-30)22-25-3-1-24(20-38)2-4-25/h1-8,17-19,27,30H,9-16,22-23H2,(H,40,45)(H,41,44). The molecular formula is C36H35FN6O3. The van der Waals surface area contributed by atoms with Gasteiger partial charge in [0.15, 0.2) is 5.76 Å². The number of furan rings is 1. The number of likely N-dealkylation sites (tertiary alicyclic amines) is 2. The van der Waals surface area contributed by atoms with E-state index in [1.165, 1.54) is 17.7 Å². The summed E-state index contributed by atoms with van der Waals surface area (Å²) in [5, 5.41) is 24.8. The fourth-order valence-electron chi connectivity index (χ4n) is 6.27. The second-order valence-electron chi connectivity index (χ2n) is 12.2. The van der Waals surface area contributed by atoms with Gasteiger partial charge in [0.1, 0.15) is 17.5 Å². The number of nitrogens with one attached hydrogen (secondary N) is 2. The van der Waals surface area contributed by atoms with E-state index in [-0.39, 0.29) is 35.1 Å². The number of anilines is 1. The van der Waals surface area contributed by atoms with Gasteiger partial charge in [-0.15, -0.1) is 0 Å². The van der Waals surface area contributed by atoms with Gasteiger partial charge in [-0.25, -0.2) is 4.39 Å². The van der Waals surface area contributed by atoms with Crippen molar-refractivity contribution in [3.8, 4) is 12.1 Å². The summed E-state index contributed by atoms with van der Waals surface area (Å²) < 4.78 is 19.8. The van der Waals surface area contributed by atoms with Crippen molar-refractivity contribution >= 4 is 28.5 Å². The van der Waals surface area contributed by atoms with Gasteiger partial charge in [0.05, 0.1) is 17.2 Å². The maximum absolute atomic E-state index is 14.0. The van der Waals surface area contributed by atoms with Crippen LogP contribution >= 0.6 is 0 Å². The molecule has 4 aromatic rings. The van der Waals surface area contributed by atoms with E-state index in [9.17, 15) is 14.0 Å². The molecule has 46 heavy (non-hydrogen) atoms. The Morgan fingerprint density at radius 3 is 2.17 bits per heavy atom. The number of carbonyl (C=O) groups is 2. The SMILES string of the molecule is N#Cc1ccc(CN2CCC(NC(=O)c3cc4cc(NC(=O)C5CCN(Cc6ccc(C#N)c(F)c6)CC5)ccc4o3)CC2)cc1. The van der Waals surface area contributed by atoms with Crippen molar-refractivity contribution in [2.75, 3.05) is 31.5 Å². The lowest BCUT2D eigenvalue weighted by molar-refractivity contribution is -0.121. The van der Waals surface area contributed by atoms with Crippen molar-refractivity contribution in [3.63, 3.8) is 0 Å². The normalized spacial score (nSPS) is 16.5. The number of nitriles is 2. The second-order valence-corrected chi connectivity index (χ2v) is 12.2. The number of hydrogen-bond acceptors (Lipinski definition) is 7. The summed E-state index contributed by atoms with van der Waals surface area (Å²) in [6, 6.07) is 23.5. The van der Waals surface area contributed by atoms with Crippen molar-refractivity contribution in [2.24, 2.45) is 5.92 Å². The van der Waals surface area contributed by atoms with Crippen molar-refractivity contribution in [2.45, 2.75) is 44.8 Å². The van der Waals surface area contributed by atoms with Gasteiger partial charge in [-0.2, -0.15) is 10.5 Å². The maximum Gasteiger partial charge on any atom is 0.287 e. The molecule has 9 nitrogen and oxygen atoms in total. The highest BCUT2D eigenvalue weighted by atomic mass is 19.1. The van der Waals surface area contributed by atoms with Crippen LogP contribution in [-0.4, -0.2) is 53.8 Å². The molecule has 3 aromatic carbocycles. The Bertz CT molecular complexity index is 1810. The van der Waals surface area contributed by atoms with Gasteiger partial charge >= 0.3 is 0 Å². The van der Waals surface area contributed by atoms with Crippen molar-refractivity contribution in [1.82, 2.24) is 15.1 Å². The van der Waals surface area contributed by atoms with E-state index in [2.05, 4.69) is 26.5 Å². The van der Waals surface area contributed by atoms with Gasteiger partial charge in [0.2, 0.25) is 5.91 Å². The first-order valence-corrected chi connectivity index (χ1v) is 15.6. The van der Waals surface area contributed by atoms with Gasteiger partial charge in [0, 0.05) is 49.2 Å².